The maximum atomic E-state index is 13.9. The highest BCUT2D eigenvalue weighted by Gasteiger charge is 2.48. The van der Waals surface area contributed by atoms with E-state index in [2.05, 4.69) is 4.79 Å². The van der Waals surface area contributed by atoms with Crippen LogP contribution in [0.25, 0.3) is 17.2 Å². The van der Waals surface area contributed by atoms with E-state index in [1.165, 1.54) is 7.11 Å². The van der Waals surface area contributed by atoms with Crippen molar-refractivity contribution in [3.63, 3.8) is 0 Å². The average molecular weight is 402 g/mol. The first kappa shape index (κ1) is 19.1. The predicted octanol–water partition coefficient (Wildman–Crippen LogP) is 4.87. The van der Waals surface area contributed by atoms with Crippen molar-refractivity contribution in [3.8, 4) is 5.75 Å². The van der Waals surface area contributed by atoms with Gasteiger partial charge >= 0.3 is 12.8 Å². The standard InChI is InChI=1S/C23H19N2O3P/c1-27-29(26,19-13-6-3-7-14-19)23(25-24)22-20(17-10-4-2-5-11-17)16-18-12-8-9-15-21(18)28-22/h2-16,22H,1H3. The summed E-state index contributed by atoms with van der Waals surface area (Å²) in [7, 11) is -2.32. The van der Waals surface area contributed by atoms with Crippen LogP contribution in [0.1, 0.15) is 11.1 Å². The summed E-state index contributed by atoms with van der Waals surface area (Å²) >= 11 is 0. The molecule has 1 heterocycles. The fourth-order valence-corrected chi connectivity index (χ4v) is 5.26. The molecule has 0 aliphatic carbocycles. The van der Waals surface area contributed by atoms with Crippen LogP contribution in [-0.4, -0.2) is 23.5 Å². The number of rotatable bonds is 5. The lowest BCUT2D eigenvalue weighted by Gasteiger charge is -2.26. The Labute approximate surface area is 169 Å². The van der Waals surface area contributed by atoms with Gasteiger partial charge in [-0.2, -0.15) is 4.79 Å². The largest absolute Gasteiger partial charge is 0.472 e. The molecule has 0 aromatic heterocycles. The molecule has 0 N–H and O–H groups in total. The van der Waals surface area contributed by atoms with Crippen LogP contribution in [0.3, 0.4) is 0 Å². The Bertz CT molecular complexity index is 1150. The molecular formula is C23H19N2O3P. The molecular weight excluding hydrogens is 383 g/mol. The van der Waals surface area contributed by atoms with Gasteiger partial charge in [0.15, 0.2) is 0 Å². The van der Waals surface area contributed by atoms with Gasteiger partial charge < -0.3 is 14.8 Å². The van der Waals surface area contributed by atoms with Crippen molar-refractivity contribution in [2.75, 3.05) is 7.11 Å². The van der Waals surface area contributed by atoms with Gasteiger partial charge in [-0.15, -0.1) is 0 Å². The zero-order valence-corrected chi connectivity index (χ0v) is 16.7. The van der Waals surface area contributed by atoms with E-state index < -0.39 is 13.5 Å². The van der Waals surface area contributed by atoms with Crippen LogP contribution >= 0.6 is 7.37 Å². The van der Waals surface area contributed by atoms with Crippen molar-refractivity contribution >= 4 is 29.8 Å². The Kier molecular flexibility index (Phi) is 5.28. The summed E-state index contributed by atoms with van der Waals surface area (Å²) in [6.45, 7) is 0. The normalized spacial score (nSPS) is 17.1. The van der Waals surface area contributed by atoms with E-state index in [1.807, 2.05) is 66.7 Å². The zero-order valence-electron chi connectivity index (χ0n) is 15.8. The molecule has 0 radical (unpaired) electrons. The molecule has 2 unspecified atom stereocenters. The molecule has 6 heteroatoms. The lowest BCUT2D eigenvalue weighted by Crippen LogP contribution is -2.34. The molecule has 5 nitrogen and oxygen atoms in total. The molecule has 0 spiro atoms. The third-order valence-electron chi connectivity index (χ3n) is 4.86. The molecule has 2 atom stereocenters. The first-order valence-electron chi connectivity index (χ1n) is 9.14. The van der Waals surface area contributed by atoms with E-state index in [0.29, 0.717) is 11.1 Å². The molecule has 0 amide bonds. The maximum absolute atomic E-state index is 13.9. The second-order valence-corrected chi connectivity index (χ2v) is 8.97. The molecule has 0 saturated carbocycles. The van der Waals surface area contributed by atoms with E-state index in [9.17, 15) is 10.1 Å². The van der Waals surface area contributed by atoms with Gasteiger partial charge in [-0.3, -0.25) is 4.57 Å². The van der Waals surface area contributed by atoms with Gasteiger partial charge in [0.2, 0.25) is 6.10 Å². The number of benzene rings is 3. The lowest BCUT2D eigenvalue weighted by molar-refractivity contribution is -0.0108. The highest BCUT2D eigenvalue weighted by atomic mass is 31.2. The van der Waals surface area contributed by atoms with Crippen molar-refractivity contribution in [3.05, 3.63) is 102 Å². The maximum Gasteiger partial charge on any atom is 0.399 e. The molecule has 29 heavy (non-hydrogen) atoms. The quantitative estimate of drug-likeness (QED) is 0.265. The summed E-state index contributed by atoms with van der Waals surface area (Å²) in [5, 5.41) is 0.435. The first-order chi connectivity index (χ1) is 14.2. The van der Waals surface area contributed by atoms with E-state index in [1.54, 1.807) is 24.3 Å². The fourth-order valence-electron chi connectivity index (χ4n) is 3.42. The van der Waals surface area contributed by atoms with E-state index in [4.69, 9.17) is 9.26 Å². The van der Waals surface area contributed by atoms with Gasteiger partial charge in [-0.05, 0) is 29.8 Å². The monoisotopic (exact) mass is 402 g/mol. The summed E-state index contributed by atoms with van der Waals surface area (Å²) < 4.78 is 25.6. The molecule has 0 fully saturated rings. The summed E-state index contributed by atoms with van der Waals surface area (Å²) in [6, 6.07) is 25.9. The minimum atomic E-state index is -3.67. The third kappa shape index (κ3) is 3.48. The molecule has 0 bridgehead atoms. The smallest absolute Gasteiger partial charge is 0.399 e. The summed E-state index contributed by atoms with van der Waals surface area (Å²) in [5.74, 6) is 0.619. The number of ether oxygens (including phenoxy) is 1. The Balaban J connectivity index is 1.89. The summed E-state index contributed by atoms with van der Waals surface area (Å²) in [5.41, 5.74) is 12.4. The molecule has 144 valence electrons. The Morgan fingerprint density at radius 2 is 1.59 bits per heavy atom. The minimum Gasteiger partial charge on any atom is -0.472 e. The van der Waals surface area contributed by atoms with Crippen molar-refractivity contribution in [2.24, 2.45) is 0 Å². The Hall–Kier alpha value is -3.23. The summed E-state index contributed by atoms with van der Waals surface area (Å²) in [4.78, 5) is 3.44. The number of para-hydroxylation sites is 1. The average Bonchev–Trinajstić information content (AvgIpc) is 2.80. The van der Waals surface area contributed by atoms with Gasteiger partial charge in [0.05, 0.1) is 0 Å². The van der Waals surface area contributed by atoms with Crippen LogP contribution in [-0.2, 0) is 9.09 Å². The van der Waals surface area contributed by atoms with E-state index in [0.717, 1.165) is 16.7 Å². The molecule has 4 rings (SSSR count). The number of fused-ring (bicyclic) bond motifs is 1. The van der Waals surface area contributed by atoms with Gasteiger partial charge in [0, 0.05) is 23.6 Å². The molecule has 3 aromatic rings. The van der Waals surface area contributed by atoms with Gasteiger partial charge in [-0.25, -0.2) is 0 Å². The number of hydrogen-bond acceptors (Lipinski definition) is 3. The molecule has 1 aliphatic rings. The third-order valence-corrected chi connectivity index (χ3v) is 7.28. The van der Waals surface area contributed by atoms with E-state index >= 15 is 0 Å². The zero-order chi connectivity index (χ0) is 20.3. The van der Waals surface area contributed by atoms with Crippen LogP contribution in [0.2, 0.25) is 0 Å². The van der Waals surface area contributed by atoms with Gasteiger partial charge in [0.25, 0.3) is 0 Å². The minimum absolute atomic E-state index is 0.0594. The second-order valence-electron chi connectivity index (χ2n) is 6.53. The second kappa shape index (κ2) is 8.02. The van der Waals surface area contributed by atoms with Crippen LogP contribution in [0.5, 0.6) is 5.75 Å². The lowest BCUT2D eigenvalue weighted by atomic mass is 9.95. The highest BCUT2D eigenvalue weighted by Crippen LogP contribution is 2.50. The van der Waals surface area contributed by atoms with Crippen molar-refractivity contribution in [1.29, 1.82) is 0 Å². The van der Waals surface area contributed by atoms with Crippen LogP contribution < -0.4 is 10.0 Å². The van der Waals surface area contributed by atoms with Crippen LogP contribution in [0.4, 0.5) is 0 Å². The fraction of sp³-hybridized carbons (Fsp3) is 0.0870. The predicted molar refractivity (Wildman–Crippen MR) is 114 cm³/mol. The van der Waals surface area contributed by atoms with Crippen LogP contribution in [0.15, 0.2) is 84.9 Å². The molecule has 3 aromatic carbocycles. The number of hydrogen-bond donors (Lipinski definition) is 0. The van der Waals surface area contributed by atoms with Gasteiger partial charge in [-0.1, -0.05) is 66.7 Å². The van der Waals surface area contributed by atoms with Crippen molar-refractivity contribution < 1.29 is 18.6 Å². The molecule has 0 saturated heterocycles. The van der Waals surface area contributed by atoms with Crippen molar-refractivity contribution in [1.82, 2.24) is 0 Å². The molecule has 1 aliphatic heterocycles. The van der Waals surface area contributed by atoms with Crippen molar-refractivity contribution in [2.45, 2.75) is 6.10 Å². The SMILES string of the molecule is COP(=O)(C(=[N+]=[N-])C1Oc2ccccc2C=C1c1ccccc1)c1ccccc1. The Morgan fingerprint density at radius 3 is 2.24 bits per heavy atom. The topological polar surface area (TPSA) is 71.9 Å². The first-order valence-corrected chi connectivity index (χ1v) is 10.8. The number of nitrogens with zero attached hydrogens (tertiary/aromatic N) is 2. The Morgan fingerprint density at radius 1 is 0.966 bits per heavy atom. The summed E-state index contributed by atoms with van der Waals surface area (Å²) in [6.07, 6.45) is 1.10. The van der Waals surface area contributed by atoms with E-state index in [-0.39, 0.29) is 5.45 Å². The highest BCUT2D eigenvalue weighted by molar-refractivity contribution is 7.83. The van der Waals surface area contributed by atoms with Gasteiger partial charge in [0.1, 0.15) is 5.75 Å². The van der Waals surface area contributed by atoms with Crippen LogP contribution in [0, 0.1) is 0 Å².